The van der Waals surface area contributed by atoms with Crippen LogP contribution in [0, 0.1) is 0 Å². The van der Waals surface area contributed by atoms with E-state index in [-0.39, 0.29) is 0 Å². The predicted molar refractivity (Wildman–Crippen MR) is 200 cm³/mol. The van der Waals surface area contributed by atoms with Crippen molar-refractivity contribution in [2.45, 2.75) is 0 Å². The number of para-hydroxylation sites is 2. The van der Waals surface area contributed by atoms with Crippen molar-refractivity contribution in [3.63, 3.8) is 0 Å². The Bertz CT molecular complexity index is 2500. The summed E-state index contributed by atoms with van der Waals surface area (Å²) in [6.07, 6.45) is 0. The molecular formula is C44H29NOS. The highest BCUT2D eigenvalue weighted by Crippen LogP contribution is 2.41. The molecule has 3 heteroatoms. The fourth-order valence-corrected chi connectivity index (χ4v) is 7.58. The number of rotatable bonds is 6. The summed E-state index contributed by atoms with van der Waals surface area (Å²) in [5, 5.41) is 4.77. The lowest BCUT2D eigenvalue weighted by atomic mass is 10.0. The summed E-state index contributed by atoms with van der Waals surface area (Å²) in [6.45, 7) is 0. The van der Waals surface area contributed by atoms with Gasteiger partial charge in [0, 0.05) is 37.3 Å². The Kier molecular flexibility index (Phi) is 6.69. The Labute approximate surface area is 277 Å². The summed E-state index contributed by atoms with van der Waals surface area (Å²) >= 11 is 1.83. The largest absolute Gasteiger partial charge is 0.456 e. The van der Waals surface area contributed by atoms with Crippen molar-refractivity contribution in [1.29, 1.82) is 0 Å². The zero-order valence-electron chi connectivity index (χ0n) is 25.5. The van der Waals surface area contributed by atoms with E-state index in [4.69, 9.17) is 4.42 Å². The highest BCUT2D eigenvalue weighted by atomic mass is 32.1. The maximum atomic E-state index is 6.03. The van der Waals surface area contributed by atoms with E-state index in [2.05, 4.69) is 169 Å². The van der Waals surface area contributed by atoms with E-state index in [0.717, 1.165) is 33.3 Å². The number of fused-ring (bicyclic) bond motifs is 4. The van der Waals surface area contributed by atoms with Gasteiger partial charge in [0.15, 0.2) is 0 Å². The average molecular weight is 620 g/mol. The summed E-state index contributed by atoms with van der Waals surface area (Å²) in [5.41, 5.74) is 10.1. The number of thiophene rings is 1. The van der Waals surface area contributed by atoms with Crippen LogP contribution in [0.25, 0.3) is 64.7 Å². The summed E-state index contributed by atoms with van der Waals surface area (Å²) in [7, 11) is 0. The highest BCUT2D eigenvalue weighted by molar-refractivity contribution is 7.18. The van der Waals surface area contributed by atoms with Crippen LogP contribution >= 0.6 is 11.3 Å². The van der Waals surface area contributed by atoms with Crippen LogP contribution in [0.4, 0.5) is 17.1 Å². The number of anilines is 3. The first kappa shape index (κ1) is 27.4. The van der Waals surface area contributed by atoms with E-state index >= 15 is 0 Å². The Morgan fingerprint density at radius 3 is 1.74 bits per heavy atom. The van der Waals surface area contributed by atoms with Gasteiger partial charge >= 0.3 is 0 Å². The summed E-state index contributed by atoms with van der Waals surface area (Å²) in [5.74, 6) is 0. The van der Waals surface area contributed by atoms with Crippen LogP contribution in [0.15, 0.2) is 180 Å². The topological polar surface area (TPSA) is 16.4 Å². The SMILES string of the molecule is c1ccc(N(c2ccc(-c3ccc(-c4ccc(-c5ccc6oc7ccccc7c6c5)cc4)s3)cc2)c2cccc3ccccc23)cc1. The molecule has 0 N–H and O–H groups in total. The maximum absolute atomic E-state index is 6.03. The van der Waals surface area contributed by atoms with E-state index in [1.807, 2.05) is 23.5 Å². The van der Waals surface area contributed by atoms with Crippen molar-refractivity contribution in [3.8, 4) is 32.0 Å². The predicted octanol–water partition coefficient (Wildman–Crippen LogP) is 13.3. The third kappa shape index (κ3) is 4.98. The first-order chi connectivity index (χ1) is 23.3. The minimum absolute atomic E-state index is 0.923. The molecule has 222 valence electrons. The fraction of sp³-hybridized carbons (Fsp3) is 0. The van der Waals surface area contributed by atoms with Crippen LogP contribution in [-0.2, 0) is 0 Å². The number of hydrogen-bond acceptors (Lipinski definition) is 3. The molecule has 0 aliphatic carbocycles. The van der Waals surface area contributed by atoms with E-state index < -0.39 is 0 Å². The van der Waals surface area contributed by atoms with Gasteiger partial charge in [-0.2, -0.15) is 0 Å². The molecule has 0 aliphatic heterocycles. The molecule has 0 atom stereocenters. The number of furan rings is 1. The second-order valence-corrected chi connectivity index (χ2v) is 12.9. The van der Waals surface area contributed by atoms with Gasteiger partial charge in [-0.25, -0.2) is 0 Å². The van der Waals surface area contributed by atoms with Crippen LogP contribution in [0.3, 0.4) is 0 Å². The molecule has 0 aliphatic rings. The third-order valence-corrected chi connectivity index (χ3v) is 10.1. The van der Waals surface area contributed by atoms with Gasteiger partial charge < -0.3 is 9.32 Å². The Morgan fingerprint density at radius 1 is 0.383 bits per heavy atom. The molecular weight excluding hydrogens is 591 g/mol. The summed E-state index contributed by atoms with van der Waals surface area (Å²) in [6, 6.07) is 62.7. The standard InChI is InChI=1S/C44H29NOS/c1-2-11-35(12-3-1)45(40-15-8-10-31-9-4-5-13-37(31)40)36-24-21-33(22-25-36)44-28-27-43(47-44)32-19-17-30(18-20-32)34-23-26-42-39(29-34)38-14-6-7-16-41(38)46-42/h1-29H. The summed E-state index contributed by atoms with van der Waals surface area (Å²) in [4.78, 5) is 4.86. The fourth-order valence-electron chi connectivity index (χ4n) is 6.56. The lowest BCUT2D eigenvalue weighted by Crippen LogP contribution is -2.10. The molecule has 0 unspecified atom stereocenters. The molecule has 2 nitrogen and oxygen atoms in total. The smallest absolute Gasteiger partial charge is 0.135 e. The zero-order chi connectivity index (χ0) is 31.2. The van der Waals surface area contributed by atoms with Crippen molar-refractivity contribution in [2.24, 2.45) is 0 Å². The third-order valence-electron chi connectivity index (χ3n) is 8.92. The molecule has 2 heterocycles. The molecule has 0 saturated carbocycles. The van der Waals surface area contributed by atoms with E-state index in [0.29, 0.717) is 0 Å². The average Bonchev–Trinajstić information content (AvgIpc) is 3.78. The molecule has 9 aromatic rings. The van der Waals surface area contributed by atoms with Crippen molar-refractivity contribution in [1.82, 2.24) is 0 Å². The van der Waals surface area contributed by atoms with Crippen LogP contribution in [0.2, 0.25) is 0 Å². The lowest BCUT2D eigenvalue weighted by Gasteiger charge is -2.27. The van der Waals surface area contributed by atoms with Gasteiger partial charge in [0.2, 0.25) is 0 Å². The van der Waals surface area contributed by atoms with Gasteiger partial charge in [0.1, 0.15) is 11.2 Å². The first-order valence-electron chi connectivity index (χ1n) is 15.8. The maximum Gasteiger partial charge on any atom is 0.135 e. The number of nitrogens with zero attached hydrogens (tertiary/aromatic N) is 1. The van der Waals surface area contributed by atoms with Crippen LogP contribution in [0.1, 0.15) is 0 Å². The second kappa shape index (κ2) is 11.5. The van der Waals surface area contributed by atoms with Crippen LogP contribution in [0.5, 0.6) is 0 Å². The molecule has 0 radical (unpaired) electrons. The molecule has 47 heavy (non-hydrogen) atoms. The molecule has 0 saturated heterocycles. The number of hydrogen-bond donors (Lipinski definition) is 0. The quantitative estimate of drug-likeness (QED) is 0.184. The lowest BCUT2D eigenvalue weighted by molar-refractivity contribution is 0.669. The van der Waals surface area contributed by atoms with Crippen molar-refractivity contribution in [2.75, 3.05) is 4.90 Å². The van der Waals surface area contributed by atoms with Gasteiger partial charge in [-0.05, 0) is 88.3 Å². The van der Waals surface area contributed by atoms with Gasteiger partial charge in [0.05, 0.1) is 5.69 Å². The van der Waals surface area contributed by atoms with Crippen molar-refractivity contribution < 1.29 is 4.42 Å². The van der Waals surface area contributed by atoms with Gasteiger partial charge in [-0.3, -0.25) is 0 Å². The molecule has 2 aromatic heterocycles. The Morgan fingerprint density at radius 2 is 0.957 bits per heavy atom. The normalized spacial score (nSPS) is 11.4. The monoisotopic (exact) mass is 619 g/mol. The second-order valence-electron chi connectivity index (χ2n) is 11.8. The molecule has 0 fully saturated rings. The zero-order valence-corrected chi connectivity index (χ0v) is 26.3. The van der Waals surface area contributed by atoms with Crippen LogP contribution in [-0.4, -0.2) is 0 Å². The summed E-state index contributed by atoms with van der Waals surface area (Å²) < 4.78 is 6.03. The molecule has 9 rings (SSSR count). The molecule has 7 aromatic carbocycles. The van der Waals surface area contributed by atoms with Crippen molar-refractivity contribution in [3.05, 3.63) is 176 Å². The first-order valence-corrected chi connectivity index (χ1v) is 16.7. The highest BCUT2D eigenvalue weighted by Gasteiger charge is 2.16. The van der Waals surface area contributed by atoms with Crippen LogP contribution < -0.4 is 4.90 Å². The van der Waals surface area contributed by atoms with Crippen molar-refractivity contribution >= 4 is 61.1 Å². The molecule has 0 spiro atoms. The van der Waals surface area contributed by atoms with Gasteiger partial charge in [-0.15, -0.1) is 11.3 Å². The number of benzene rings is 7. The minimum Gasteiger partial charge on any atom is -0.456 e. The molecule has 0 bridgehead atoms. The van der Waals surface area contributed by atoms with Gasteiger partial charge in [-0.1, -0.05) is 115 Å². The Balaban J connectivity index is 1.00. The van der Waals surface area contributed by atoms with E-state index in [1.165, 1.54) is 48.5 Å². The minimum atomic E-state index is 0.923. The Hall–Kier alpha value is -5.90. The van der Waals surface area contributed by atoms with E-state index in [9.17, 15) is 0 Å². The van der Waals surface area contributed by atoms with E-state index in [1.54, 1.807) is 0 Å². The van der Waals surface area contributed by atoms with Gasteiger partial charge in [0.25, 0.3) is 0 Å². The molecule has 0 amide bonds.